The fraction of sp³-hybridized carbons (Fsp3) is 0.632. The summed E-state index contributed by atoms with van der Waals surface area (Å²) in [5.74, 6) is 1.19. The Kier molecular flexibility index (Phi) is 6.49. The van der Waals surface area contributed by atoms with Gasteiger partial charge in [0.25, 0.3) is 5.91 Å². The zero-order valence-electron chi connectivity index (χ0n) is 15.5. The van der Waals surface area contributed by atoms with Crippen molar-refractivity contribution in [3.05, 3.63) is 23.3 Å². The summed E-state index contributed by atoms with van der Waals surface area (Å²) >= 11 is 0. The van der Waals surface area contributed by atoms with Crippen LogP contribution in [0.4, 0.5) is 5.69 Å². The number of aryl methyl sites for hydroxylation is 2. The van der Waals surface area contributed by atoms with Crippen LogP contribution in [-0.4, -0.2) is 49.7 Å². The quantitative estimate of drug-likeness (QED) is 0.720. The second-order valence-corrected chi connectivity index (χ2v) is 7.09. The summed E-state index contributed by atoms with van der Waals surface area (Å²) in [6.07, 6.45) is 3.51. The molecule has 1 aromatic rings. The van der Waals surface area contributed by atoms with Crippen LogP contribution in [0, 0.1) is 13.8 Å². The van der Waals surface area contributed by atoms with Gasteiger partial charge in [-0.1, -0.05) is 0 Å². The van der Waals surface area contributed by atoms with Gasteiger partial charge in [0.2, 0.25) is 0 Å². The molecule has 2 fully saturated rings. The first-order valence-electron chi connectivity index (χ1n) is 8.85. The number of carbonyl (C=O) groups is 1. The maximum atomic E-state index is 13.2. The SMILES string of the molecule is CC[N+]1(C2CCN(c3c(C)cc(OC)cc3C)C2=O)CCCC1.[Y]. The molecular weight excluding hydrogens is 377 g/mol. The maximum absolute atomic E-state index is 13.2. The molecule has 0 bridgehead atoms. The summed E-state index contributed by atoms with van der Waals surface area (Å²) in [6.45, 7) is 10.6. The Morgan fingerprint density at radius 3 is 2.29 bits per heavy atom. The van der Waals surface area contributed by atoms with Crippen molar-refractivity contribution in [2.75, 3.05) is 38.2 Å². The van der Waals surface area contributed by atoms with Crippen LogP contribution in [0.25, 0.3) is 0 Å². The van der Waals surface area contributed by atoms with Crippen LogP contribution in [0.5, 0.6) is 5.75 Å². The van der Waals surface area contributed by atoms with E-state index in [1.165, 1.54) is 25.9 Å². The van der Waals surface area contributed by atoms with Gasteiger partial charge in [-0.3, -0.25) is 4.79 Å². The maximum Gasteiger partial charge on any atom is 0.285 e. The van der Waals surface area contributed by atoms with E-state index in [9.17, 15) is 4.79 Å². The summed E-state index contributed by atoms with van der Waals surface area (Å²) in [5, 5.41) is 0. The van der Waals surface area contributed by atoms with Crippen LogP contribution >= 0.6 is 0 Å². The molecule has 2 heterocycles. The average molecular weight is 406 g/mol. The van der Waals surface area contributed by atoms with Crippen LogP contribution in [0.3, 0.4) is 0 Å². The second-order valence-electron chi connectivity index (χ2n) is 7.09. The monoisotopic (exact) mass is 406 g/mol. The molecular formula is C19H29N2O2Y+. The molecule has 2 aliphatic rings. The standard InChI is InChI=1S/C19H29N2O2.Y/c1-5-21(10-6-7-11-21)17-8-9-20(19(17)22)18-14(2)12-16(23-4)13-15(18)3;/h12-13,17H,5-11H2,1-4H3;/q+1;. The van der Waals surface area contributed by atoms with Gasteiger partial charge in [-0.25, -0.2) is 0 Å². The van der Waals surface area contributed by atoms with Crippen LogP contribution < -0.4 is 9.64 Å². The number of likely N-dealkylation sites (N-methyl/N-ethyl adjacent to an activating group) is 1. The molecule has 1 aromatic carbocycles. The van der Waals surface area contributed by atoms with Gasteiger partial charge in [-0.2, -0.15) is 0 Å². The van der Waals surface area contributed by atoms with E-state index < -0.39 is 0 Å². The summed E-state index contributed by atoms with van der Waals surface area (Å²) in [5.41, 5.74) is 3.34. The molecule has 24 heavy (non-hydrogen) atoms. The predicted molar refractivity (Wildman–Crippen MR) is 93.0 cm³/mol. The van der Waals surface area contributed by atoms with Crippen molar-refractivity contribution < 1.29 is 46.7 Å². The first kappa shape index (κ1) is 19.9. The van der Waals surface area contributed by atoms with Crippen molar-refractivity contribution in [2.24, 2.45) is 0 Å². The Bertz CT molecular complexity index is 588. The van der Waals surface area contributed by atoms with Gasteiger partial charge < -0.3 is 14.1 Å². The first-order valence-corrected chi connectivity index (χ1v) is 8.85. The molecule has 2 saturated heterocycles. The number of benzene rings is 1. The third kappa shape index (κ3) is 3.30. The fourth-order valence-electron chi connectivity index (χ4n) is 4.67. The van der Waals surface area contributed by atoms with Gasteiger partial charge in [-0.05, 0) is 44.0 Å². The average Bonchev–Trinajstić information content (AvgIpc) is 3.15. The predicted octanol–water partition coefficient (Wildman–Crippen LogP) is 3.05. The number of amides is 1. The Morgan fingerprint density at radius 1 is 1.21 bits per heavy atom. The van der Waals surface area contributed by atoms with Gasteiger partial charge in [-0.15, -0.1) is 0 Å². The molecule has 5 heteroatoms. The largest absolute Gasteiger partial charge is 0.497 e. The van der Waals surface area contributed by atoms with E-state index in [2.05, 4.69) is 20.8 Å². The van der Waals surface area contributed by atoms with Crippen molar-refractivity contribution in [3.8, 4) is 5.75 Å². The number of quaternary nitrogens is 1. The summed E-state index contributed by atoms with van der Waals surface area (Å²) < 4.78 is 6.35. The van der Waals surface area contributed by atoms with Crippen molar-refractivity contribution in [1.82, 2.24) is 0 Å². The molecule has 3 rings (SSSR count). The number of hydrogen-bond acceptors (Lipinski definition) is 2. The third-order valence-corrected chi connectivity index (χ3v) is 5.90. The Balaban J connectivity index is 0.00000208. The first-order chi connectivity index (χ1) is 11.0. The minimum Gasteiger partial charge on any atom is -0.497 e. The van der Waals surface area contributed by atoms with Crippen LogP contribution in [-0.2, 0) is 37.5 Å². The van der Waals surface area contributed by atoms with Gasteiger partial charge in [0, 0.05) is 64.2 Å². The zero-order valence-corrected chi connectivity index (χ0v) is 18.3. The zero-order chi connectivity index (χ0) is 16.6. The van der Waals surface area contributed by atoms with Crippen LogP contribution in [0.1, 0.15) is 37.3 Å². The topological polar surface area (TPSA) is 29.5 Å². The molecule has 0 aromatic heterocycles. The number of nitrogens with zero attached hydrogens (tertiary/aromatic N) is 2. The van der Waals surface area contributed by atoms with Crippen LogP contribution in [0.15, 0.2) is 12.1 Å². The molecule has 1 radical (unpaired) electrons. The molecule has 0 N–H and O–H groups in total. The van der Waals surface area contributed by atoms with Crippen molar-refractivity contribution in [2.45, 2.75) is 46.1 Å². The molecule has 129 valence electrons. The van der Waals surface area contributed by atoms with E-state index in [1.54, 1.807) is 7.11 Å². The van der Waals surface area contributed by atoms with Gasteiger partial charge in [0.1, 0.15) is 5.75 Å². The third-order valence-electron chi connectivity index (χ3n) is 5.90. The van der Waals surface area contributed by atoms with E-state index in [1.807, 2.05) is 17.0 Å². The second kappa shape index (κ2) is 7.84. The van der Waals surface area contributed by atoms with Crippen LogP contribution in [0.2, 0.25) is 0 Å². The number of rotatable bonds is 4. The van der Waals surface area contributed by atoms with Crippen molar-refractivity contribution in [3.63, 3.8) is 0 Å². The molecule has 4 nitrogen and oxygen atoms in total. The number of carbonyl (C=O) groups excluding carboxylic acids is 1. The van der Waals surface area contributed by atoms with E-state index >= 15 is 0 Å². The van der Waals surface area contributed by atoms with E-state index in [0.717, 1.165) is 46.6 Å². The van der Waals surface area contributed by atoms with E-state index in [4.69, 9.17) is 4.74 Å². The number of likely N-dealkylation sites (tertiary alicyclic amines) is 1. The molecule has 2 aliphatic heterocycles. The smallest absolute Gasteiger partial charge is 0.285 e. The summed E-state index contributed by atoms with van der Waals surface area (Å²) in [6, 6.07) is 4.22. The molecule has 0 aliphatic carbocycles. The fourth-order valence-corrected chi connectivity index (χ4v) is 4.67. The Morgan fingerprint density at radius 2 is 1.79 bits per heavy atom. The van der Waals surface area contributed by atoms with E-state index in [-0.39, 0.29) is 38.8 Å². The molecule has 0 spiro atoms. The normalized spacial score (nSPS) is 22.6. The van der Waals surface area contributed by atoms with Crippen molar-refractivity contribution >= 4 is 11.6 Å². The van der Waals surface area contributed by atoms with Gasteiger partial charge in [0.15, 0.2) is 6.04 Å². The number of methoxy groups -OCH3 is 1. The molecule has 1 amide bonds. The molecule has 1 unspecified atom stereocenters. The molecule has 1 atom stereocenters. The molecule has 0 saturated carbocycles. The Hall–Kier alpha value is -0.446. The van der Waals surface area contributed by atoms with E-state index in [0.29, 0.717) is 5.91 Å². The minimum atomic E-state index is 0. The Labute approximate surface area is 171 Å². The minimum absolute atomic E-state index is 0. The van der Waals surface area contributed by atoms with Gasteiger partial charge >= 0.3 is 0 Å². The summed E-state index contributed by atoms with van der Waals surface area (Å²) in [7, 11) is 1.69. The number of hydrogen-bond donors (Lipinski definition) is 0. The summed E-state index contributed by atoms with van der Waals surface area (Å²) in [4.78, 5) is 15.2. The van der Waals surface area contributed by atoms with Crippen molar-refractivity contribution in [1.29, 1.82) is 0 Å². The number of anilines is 1. The number of ether oxygens (including phenoxy) is 1. The van der Waals surface area contributed by atoms with Gasteiger partial charge in [0.05, 0.1) is 26.7 Å².